The van der Waals surface area contributed by atoms with Crippen LogP contribution in [0.2, 0.25) is 0 Å². The van der Waals surface area contributed by atoms with Gasteiger partial charge in [0, 0.05) is 30.7 Å². The first-order valence-electron chi connectivity index (χ1n) is 16.7. The summed E-state index contributed by atoms with van der Waals surface area (Å²) in [6.45, 7) is 2.06. The van der Waals surface area contributed by atoms with E-state index < -0.39 is 12.1 Å². The van der Waals surface area contributed by atoms with Crippen molar-refractivity contribution in [3.05, 3.63) is 69.4 Å². The van der Waals surface area contributed by atoms with E-state index in [1.807, 2.05) is 41.5 Å². The molecule has 3 aromatic rings. The second kappa shape index (κ2) is 16.4. The Hall–Kier alpha value is -4.58. The highest BCUT2D eigenvalue weighted by molar-refractivity contribution is 7.98. The first-order chi connectivity index (χ1) is 24.2. The van der Waals surface area contributed by atoms with E-state index >= 15 is 0 Å². The number of nitrogens with zero attached hydrogens (tertiary/aromatic N) is 1. The molecular weight excluding hydrogens is 658 g/mol. The lowest BCUT2D eigenvalue weighted by molar-refractivity contribution is -0.133. The van der Waals surface area contributed by atoms with Gasteiger partial charge in [-0.2, -0.15) is 11.8 Å². The highest BCUT2D eigenvalue weighted by Crippen LogP contribution is 2.50. The molecule has 1 saturated heterocycles. The molecular formula is C38H47N3O8S. The maximum atomic E-state index is 14.4. The van der Waals surface area contributed by atoms with Gasteiger partial charge in [-0.05, 0) is 91.1 Å². The minimum atomic E-state index is -0.653. The summed E-state index contributed by atoms with van der Waals surface area (Å²) in [7, 11) is 7.91. The van der Waals surface area contributed by atoms with Gasteiger partial charge in [0.25, 0.3) is 0 Å². The minimum Gasteiger partial charge on any atom is -0.497 e. The van der Waals surface area contributed by atoms with Crippen LogP contribution < -0.4 is 39.7 Å². The van der Waals surface area contributed by atoms with Crippen molar-refractivity contribution < 1.29 is 33.3 Å². The summed E-state index contributed by atoms with van der Waals surface area (Å²) in [5, 5.41) is 6.40. The molecule has 1 fully saturated rings. The molecule has 2 N–H and O–H groups in total. The van der Waals surface area contributed by atoms with E-state index in [0.717, 1.165) is 35.1 Å². The monoisotopic (exact) mass is 705 g/mol. The number of methoxy groups -OCH3 is 5. The van der Waals surface area contributed by atoms with E-state index in [9.17, 15) is 14.4 Å². The first-order valence-corrected chi connectivity index (χ1v) is 18.1. The molecule has 0 radical (unpaired) electrons. The lowest BCUT2D eigenvalue weighted by Gasteiger charge is -2.30. The van der Waals surface area contributed by atoms with Gasteiger partial charge in [-0.15, -0.1) is 0 Å². The maximum Gasteiger partial charge on any atom is 0.245 e. The lowest BCUT2D eigenvalue weighted by Crippen LogP contribution is -2.43. The second-order valence-corrected chi connectivity index (χ2v) is 13.4. The normalized spacial score (nSPS) is 17.1. The Morgan fingerprint density at radius 2 is 1.66 bits per heavy atom. The van der Waals surface area contributed by atoms with Crippen LogP contribution in [0.25, 0.3) is 11.1 Å². The largest absolute Gasteiger partial charge is 0.497 e. The molecule has 1 aliphatic heterocycles. The van der Waals surface area contributed by atoms with Crippen molar-refractivity contribution in [3.63, 3.8) is 0 Å². The van der Waals surface area contributed by atoms with Gasteiger partial charge in [-0.3, -0.25) is 14.4 Å². The van der Waals surface area contributed by atoms with E-state index in [0.29, 0.717) is 65.9 Å². The van der Waals surface area contributed by atoms with Gasteiger partial charge >= 0.3 is 0 Å². The topological polar surface area (TPSA) is 125 Å². The van der Waals surface area contributed by atoms with Gasteiger partial charge in [0.05, 0.1) is 53.3 Å². The Labute approximate surface area is 298 Å². The fourth-order valence-corrected chi connectivity index (χ4v) is 7.63. The molecule has 50 heavy (non-hydrogen) atoms. The number of fused-ring (bicyclic) bond motifs is 3. The van der Waals surface area contributed by atoms with Crippen LogP contribution in [0.3, 0.4) is 0 Å². The van der Waals surface area contributed by atoms with Crippen molar-refractivity contribution >= 4 is 29.3 Å². The fourth-order valence-electron chi connectivity index (χ4n) is 7.16. The summed E-state index contributed by atoms with van der Waals surface area (Å²) in [6, 6.07) is 11.5. The Morgan fingerprint density at radius 3 is 2.32 bits per heavy atom. The summed E-state index contributed by atoms with van der Waals surface area (Å²) in [5.41, 5.74) is 3.99. The molecule has 1 aliphatic carbocycles. The Kier molecular flexibility index (Phi) is 12.0. The lowest BCUT2D eigenvalue weighted by atomic mass is 9.95. The number of likely N-dealkylation sites (tertiary alicyclic amines) is 1. The van der Waals surface area contributed by atoms with Crippen molar-refractivity contribution in [2.75, 3.05) is 59.4 Å². The van der Waals surface area contributed by atoms with E-state index in [1.54, 1.807) is 59.4 Å². The standard InChI is InChI=1S/C38H47N3O8S/c1-22(42)39-28-14-10-23-19-34(47-4)36(48-5)37(49-6)35(23)25-13-15-29(32(43)21-27(25)28)40-30(16-18-50-7)38(44)41-17-8-9-31(41)26-12-11-24(45-2)20-33(26)46-3/h11-13,15,19-21,28,30-31H,8-10,14,16-18H2,1-7H3,(H,39,42)(H,40,43)/t28-,30-,31?/m0/s1. The van der Waals surface area contributed by atoms with Gasteiger partial charge in [-0.25, -0.2) is 0 Å². The summed E-state index contributed by atoms with van der Waals surface area (Å²) < 4.78 is 28.4. The molecule has 3 aromatic carbocycles. The smallest absolute Gasteiger partial charge is 0.245 e. The number of carbonyl (C=O) groups excluding carboxylic acids is 2. The molecule has 0 saturated carbocycles. The summed E-state index contributed by atoms with van der Waals surface area (Å²) >= 11 is 1.64. The molecule has 0 aromatic heterocycles. The Balaban J connectivity index is 1.58. The zero-order valence-corrected chi connectivity index (χ0v) is 30.7. The number of hydrogen-bond donors (Lipinski definition) is 2. The van der Waals surface area contributed by atoms with E-state index in [1.165, 1.54) is 6.92 Å². The molecule has 268 valence electrons. The number of benzene rings is 2. The number of amides is 2. The molecule has 1 unspecified atom stereocenters. The van der Waals surface area contributed by atoms with Gasteiger partial charge in [0.2, 0.25) is 23.0 Å². The minimum absolute atomic E-state index is 0.0770. The average Bonchev–Trinajstić information content (AvgIpc) is 3.50. The van der Waals surface area contributed by atoms with Crippen LogP contribution in [0.5, 0.6) is 28.7 Å². The van der Waals surface area contributed by atoms with Gasteiger partial charge in [-0.1, -0.05) is 6.07 Å². The zero-order chi connectivity index (χ0) is 35.9. The first kappa shape index (κ1) is 36.7. The molecule has 2 aliphatic rings. The van der Waals surface area contributed by atoms with Crippen molar-refractivity contribution in [3.8, 4) is 39.9 Å². The van der Waals surface area contributed by atoms with Crippen LogP contribution in [0.4, 0.5) is 5.69 Å². The number of rotatable bonds is 13. The van der Waals surface area contributed by atoms with Crippen molar-refractivity contribution in [1.82, 2.24) is 10.2 Å². The number of ether oxygens (including phenoxy) is 5. The fraction of sp³-hybridized carbons (Fsp3) is 0.447. The van der Waals surface area contributed by atoms with Crippen LogP contribution >= 0.6 is 11.8 Å². The van der Waals surface area contributed by atoms with Crippen molar-refractivity contribution in [1.29, 1.82) is 0 Å². The second-order valence-electron chi connectivity index (χ2n) is 12.4. The molecule has 5 rings (SSSR count). The van der Waals surface area contributed by atoms with Crippen molar-refractivity contribution in [2.24, 2.45) is 0 Å². The highest BCUT2D eigenvalue weighted by atomic mass is 32.2. The van der Waals surface area contributed by atoms with E-state index in [2.05, 4.69) is 10.6 Å². The number of thioether (sulfide) groups is 1. The summed E-state index contributed by atoms with van der Waals surface area (Å²) in [5.74, 6) is 3.21. The molecule has 11 nitrogen and oxygen atoms in total. The third-order valence-electron chi connectivity index (χ3n) is 9.49. The van der Waals surface area contributed by atoms with Crippen molar-refractivity contribution in [2.45, 2.75) is 57.2 Å². The van der Waals surface area contributed by atoms with E-state index in [4.69, 9.17) is 23.7 Å². The third-order valence-corrected chi connectivity index (χ3v) is 10.1. The predicted molar refractivity (Wildman–Crippen MR) is 196 cm³/mol. The van der Waals surface area contributed by atoms with Crippen LogP contribution in [0.15, 0.2) is 47.3 Å². The zero-order valence-electron chi connectivity index (χ0n) is 29.8. The maximum absolute atomic E-state index is 14.4. The third kappa shape index (κ3) is 7.45. The van der Waals surface area contributed by atoms with Crippen LogP contribution in [0, 0.1) is 0 Å². The summed E-state index contributed by atoms with van der Waals surface area (Å²) in [4.78, 5) is 42.8. The molecule has 1 heterocycles. The van der Waals surface area contributed by atoms with Crippen LogP contribution in [-0.4, -0.2) is 76.9 Å². The average molecular weight is 706 g/mol. The summed E-state index contributed by atoms with van der Waals surface area (Å²) in [6.07, 6.45) is 5.30. The van der Waals surface area contributed by atoms with Gasteiger partial charge < -0.3 is 39.2 Å². The van der Waals surface area contributed by atoms with E-state index in [-0.39, 0.29) is 29.0 Å². The number of carbonyl (C=O) groups is 2. The highest BCUT2D eigenvalue weighted by Gasteiger charge is 2.36. The molecule has 3 atom stereocenters. The molecule has 0 spiro atoms. The Morgan fingerprint density at radius 1 is 0.900 bits per heavy atom. The van der Waals surface area contributed by atoms with Crippen LogP contribution in [-0.2, 0) is 16.0 Å². The quantitative estimate of drug-likeness (QED) is 0.226. The molecule has 0 bridgehead atoms. The number of aryl methyl sites for hydroxylation is 1. The number of hydrogen-bond acceptors (Lipinski definition) is 10. The SMILES string of the molecule is COc1ccc(C2CCCN2C(=O)[C@H](CCSC)Nc2ccc3c(cc2=O)[C@@H](NC(C)=O)CCc2cc(OC)c(OC)c(OC)c2-3)c(OC)c1. The molecule has 12 heteroatoms. The number of anilines is 1. The van der Waals surface area contributed by atoms with Gasteiger partial charge in [0.15, 0.2) is 11.5 Å². The van der Waals surface area contributed by atoms with Crippen LogP contribution in [0.1, 0.15) is 61.4 Å². The number of nitrogens with one attached hydrogen (secondary N) is 2. The Bertz CT molecular complexity index is 1780. The predicted octanol–water partition coefficient (Wildman–Crippen LogP) is 5.78. The molecule has 2 amide bonds. The van der Waals surface area contributed by atoms with Gasteiger partial charge in [0.1, 0.15) is 17.5 Å².